The molecule has 0 saturated heterocycles. The topological polar surface area (TPSA) is 51.2 Å². The average molecular weight is 256 g/mol. The molecule has 0 bridgehead atoms. The van der Waals surface area contributed by atoms with Crippen molar-refractivity contribution < 1.29 is 4.42 Å². The molecule has 3 nitrogen and oxygen atoms in total. The van der Waals surface area contributed by atoms with Crippen molar-refractivity contribution in [3.8, 4) is 0 Å². The van der Waals surface area contributed by atoms with Crippen LogP contribution in [0.4, 0.5) is 0 Å². The van der Waals surface area contributed by atoms with Crippen LogP contribution in [0.3, 0.4) is 0 Å². The third-order valence-corrected chi connectivity index (χ3v) is 4.12. The van der Waals surface area contributed by atoms with Gasteiger partial charge in [-0.05, 0) is 42.5 Å². The maximum absolute atomic E-state index is 5.79. The summed E-state index contributed by atoms with van der Waals surface area (Å²) in [7, 11) is 0. The summed E-state index contributed by atoms with van der Waals surface area (Å²) in [4.78, 5) is 0. The molecule has 1 aliphatic carbocycles. The van der Waals surface area contributed by atoms with Gasteiger partial charge in [-0.2, -0.15) is 0 Å². The molecule has 2 aromatic rings. The summed E-state index contributed by atoms with van der Waals surface area (Å²) in [5.74, 6) is 7.25. The van der Waals surface area contributed by atoms with Gasteiger partial charge in [0.2, 0.25) is 0 Å². The smallest absolute Gasteiger partial charge is 0.105 e. The Balaban J connectivity index is 1.84. The zero-order valence-corrected chi connectivity index (χ0v) is 11.0. The highest BCUT2D eigenvalue weighted by Gasteiger charge is 2.27. The van der Waals surface area contributed by atoms with Crippen molar-refractivity contribution in [1.82, 2.24) is 5.43 Å². The van der Waals surface area contributed by atoms with Crippen LogP contribution in [0, 0.1) is 0 Å². The van der Waals surface area contributed by atoms with Crippen molar-refractivity contribution in [3.63, 3.8) is 0 Å². The SMILES string of the molecule is NNC(Cc1ccco1)C1CCCc2ccccc21. The molecule has 2 atom stereocenters. The second-order valence-electron chi connectivity index (χ2n) is 5.25. The first-order valence-corrected chi connectivity index (χ1v) is 6.95. The molecule has 0 amide bonds. The van der Waals surface area contributed by atoms with Crippen LogP contribution in [0.5, 0.6) is 0 Å². The monoisotopic (exact) mass is 256 g/mol. The number of aryl methyl sites for hydroxylation is 1. The molecule has 0 spiro atoms. The lowest BCUT2D eigenvalue weighted by molar-refractivity contribution is 0.369. The number of nitrogens with two attached hydrogens (primary N) is 1. The van der Waals surface area contributed by atoms with Gasteiger partial charge in [0.05, 0.1) is 6.26 Å². The Morgan fingerprint density at radius 3 is 2.95 bits per heavy atom. The number of hydrazine groups is 1. The summed E-state index contributed by atoms with van der Waals surface area (Å²) in [6, 6.07) is 12.9. The number of benzene rings is 1. The van der Waals surface area contributed by atoms with Crippen LogP contribution in [-0.2, 0) is 12.8 Å². The fourth-order valence-electron chi connectivity index (χ4n) is 3.17. The second kappa shape index (κ2) is 5.59. The molecular weight excluding hydrogens is 236 g/mol. The molecule has 2 unspecified atom stereocenters. The molecule has 0 aliphatic heterocycles. The summed E-state index contributed by atoms with van der Waals surface area (Å²) >= 11 is 0. The van der Waals surface area contributed by atoms with E-state index in [1.807, 2.05) is 12.1 Å². The van der Waals surface area contributed by atoms with Crippen LogP contribution in [-0.4, -0.2) is 6.04 Å². The molecule has 0 saturated carbocycles. The normalized spacial score (nSPS) is 19.9. The highest BCUT2D eigenvalue weighted by Crippen LogP contribution is 2.34. The standard InChI is InChI=1S/C16H20N2O/c17-18-16(11-13-7-4-10-19-13)15-9-3-6-12-5-1-2-8-14(12)15/h1-2,4-5,7-8,10,15-16,18H,3,6,9,11,17H2. The van der Waals surface area contributed by atoms with E-state index in [1.54, 1.807) is 6.26 Å². The van der Waals surface area contributed by atoms with Crippen molar-refractivity contribution in [2.24, 2.45) is 5.84 Å². The summed E-state index contributed by atoms with van der Waals surface area (Å²) < 4.78 is 5.45. The highest BCUT2D eigenvalue weighted by atomic mass is 16.3. The number of rotatable bonds is 4. The van der Waals surface area contributed by atoms with E-state index in [0.29, 0.717) is 5.92 Å². The first-order chi connectivity index (χ1) is 9.38. The molecule has 3 heteroatoms. The van der Waals surface area contributed by atoms with E-state index in [2.05, 4.69) is 29.7 Å². The molecule has 1 aromatic heterocycles. The maximum atomic E-state index is 5.79. The third kappa shape index (κ3) is 2.57. The Bertz CT molecular complexity index is 521. The molecular formula is C16H20N2O. The van der Waals surface area contributed by atoms with E-state index in [9.17, 15) is 0 Å². The zero-order valence-electron chi connectivity index (χ0n) is 11.0. The molecule has 100 valence electrons. The van der Waals surface area contributed by atoms with E-state index in [4.69, 9.17) is 10.3 Å². The first-order valence-electron chi connectivity index (χ1n) is 6.95. The van der Waals surface area contributed by atoms with Crippen LogP contribution in [0.25, 0.3) is 0 Å². The van der Waals surface area contributed by atoms with Crippen molar-refractivity contribution >= 4 is 0 Å². The minimum atomic E-state index is 0.229. The molecule has 0 fully saturated rings. The van der Waals surface area contributed by atoms with E-state index in [0.717, 1.165) is 12.2 Å². The van der Waals surface area contributed by atoms with Gasteiger partial charge >= 0.3 is 0 Å². The maximum Gasteiger partial charge on any atom is 0.105 e. The minimum absolute atomic E-state index is 0.229. The quantitative estimate of drug-likeness (QED) is 0.653. The van der Waals surface area contributed by atoms with Gasteiger partial charge in [0, 0.05) is 18.4 Å². The number of furan rings is 1. The van der Waals surface area contributed by atoms with E-state index >= 15 is 0 Å². The molecule has 3 rings (SSSR count). The Kier molecular flexibility index (Phi) is 3.67. The third-order valence-electron chi connectivity index (χ3n) is 4.12. The van der Waals surface area contributed by atoms with Crippen LogP contribution >= 0.6 is 0 Å². The number of hydrogen-bond acceptors (Lipinski definition) is 3. The molecule has 1 heterocycles. The molecule has 1 aliphatic rings. The number of fused-ring (bicyclic) bond motifs is 1. The Labute approximate surface area is 113 Å². The van der Waals surface area contributed by atoms with Crippen molar-refractivity contribution in [2.45, 2.75) is 37.6 Å². The lowest BCUT2D eigenvalue weighted by Gasteiger charge is -2.31. The predicted molar refractivity (Wildman–Crippen MR) is 75.6 cm³/mol. The Hall–Kier alpha value is -1.58. The van der Waals surface area contributed by atoms with Crippen LogP contribution < -0.4 is 11.3 Å². The lowest BCUT2D eigenvalue weighted by atomic mass is 9.78. The molecule has 1 aromatic carbocycles. The Morgan fingerprint density at radius 1 is 1.26 bits per heavy atom. The van der Waals surface area contributed by atoms with Crippen LogP contribution in [0.2, 0.25) is 0 Å². The number of nitrogens with one attached hydrogen (secondary N) is 1. The van der Waals surface area contributed by atoms with Gasteiger partial charge in [0.25, 0.3) is 0 Å². The minimum Gasteiger partial charge on any atom is -0.469 e. The highest BCUT2D eigenvalue weighted by molar-refractivity contribution is 5.34. The number of hydrogen-bond donors (Lipinski definition) is 2. The van der Waals surface area contributed by atoms with Gasteiger partial charge in [-0.15, -0.1) is 0 Å². The van der Waals surface area contributed by atoms with E-state index in [-0.39, 0.29) is 6.04 Å². The fraction of sp³-hybridized carbons (Fsp3) is 0.375. The van der Waals surface area contributed by atoms with Crippen molar-refractivity contribution in [2.75, 3.05) is 0 Å². The van der Waals surface area contributed by atoms with Gasteiger partial charge in [0.1, 0.15) is 5.76 Å². The molecule has 3 N–H and O–H groups in total. The van der Waals surface area contributed by atoms with Crippen molar-refractivity contribution in [3.05, 3.63) is 59.5 Å². The summed E-state index contributed by atoms with van der Waals surface area (Å²) in [5.41, 5.74) is 5.91. The second-order valence-corrected chi connectivity index (χ2v) is 5.25. The molecule has 19 heavy (non-hydrogen) atoms. The lowest BCUT2D eigenvalue weighted by Crippen LogP contribution is -2.42. The fourth-order valence-corrected chi connectivity index (χ4v) is 3.17. The summed E-state index contributed by atoms with van der Waals surface area (Å²) in [5, 5.41) is 0. The first kappa shape index (κ1) is 12.5. The zero-order chi connectivity index (χ0) is 13.1. The van der Waals surface area contributed by atoms with Gasteiger partial charge in [0.15, 0.2) is 0 Å². The summed E-state index contributed by atoms with van der Waals surface area (Å²) in [6.45, 7) is 0. The van der Waals surface area contributed by atoms with Gasteiger partial charge in [-0.1, -0.05) is 24.3 Å². The van der Waals surface area contributed by atoms with Crippen LogP contribution in [0.15, 0.2) is 47.1 Å². The van der Waals surface area contributed by atoms with E-state index in [1.165, 1.54) is 30.4 Å². The Morgan fingerprint density at radius 2 is 2.16 bits per heavy atom. The summed E-state index contributed by atoms with van der Waals surface area (Å²) in [6.07, 6.45) is 6.16. The largest absolute Gasteiger partial charge is 0.469 e. The molecule has 0 radical (unpaired) electrons. The van der Waals surface area contributed by atoms with Gasteiger partial charge in [-0.25, -0.2) is 0 Å². The average Bonchev–Trinajstić information content (AvgIpc) is 2.97. The van der Waals surface area contributed by atoms with Gasteiger partial charge in [-0.3, -0.25) is 11.3 Å². The van der Waals surface area contributed by atoms with Crippen LogP contribution in [0.1, 0.15) is 35.6 Å². The predicted octanol–water partition coefficient (Wildman–Crippen LogP) is 2.77. The van der Waals surface area contributed by atoms with Crippen molar-refractivity contribution in [1.29, 1.82) is 0 Å². The van der Waals surface area contributed by atoms with E-state index < -0.39 is 0 Å². The van der Waals surface area contributed by atoms with Gasteiger partial charge < -0.3 is 4.42 Å².